The average molecular weight is 339 g/mol. The molecule has 0 saturated carbocycles. The van der Waals surface area contributed by atoms with E-state index in [1.807, 2.05) is 11.8 Å². The zero-order valence-electron chi connectivity index (χ0n) is 13.9. The Balaban J connectivity index is 1.62. The molecule has 2 aliphatic rings. The minimum Gasteiger partial charge on any atom is -0.384 e. The van der Waals surface area contributed by atoms with E-state index in [1.54, 1.807) is 7.11 Å². The first-order valence-corrected chi connectivity index (χ1v) is 8.96. The summed E-state index contributed by atoms with van der Waals surface area (Å²) >= 11 is 1.43. The van der Waals surface area contributed by atoms with Gasteiger partial charge in [0.25, 0.3) is 0 Å². The van der Waals surface area contributed by atoms with Crippen LogP contribution >= 0.6 is 11.5 Å². The summed E-state index contributed by atoms with van der Waals surface area (Å²) in [6.45, 7) is 7.34. The zero-order chi connectivity index (χ0) is 16.3. The third-order valence-electron chi connectivity index (χ3n) is 4.79. The number of piperidine rings is 1. The van der Waals surface area contributed by atoms with Crippen LogP contribution in [0.4, 0.5) is 5.13 Å². The molecule has 1 amide bonds. The lowest BCUT2D eigenvalue weighted by Crippen LogP contribution is -2.56. The van der Waals surface area contributed by atoms with Crippen LogP contribution < -0.4 is 10.2 Å². The second kappa shape index (κ2) is 7.11. The third-order valence-corrected chi connectivity index (χ3v) is 5.66. The fourth-order valence-corrected chi connectivity index (χ4v) is 4.18. The quantitative estimate of drug-likeness (QED) is 0.862. The number of hydrogen-bond donors (Lipinski definition) is 1. The minimum atomic E-state index is -0.346. The number of nitrogens with zero attached hydrogens (tertiary/aromatic N) is 4. The normalized spacial score (nSPS) is 21.5. The molecule has 0 aliphatic carbocycles. The highest BCUT2D eigenvalue weighted by Crippen LogP contribution is 2.32. The van der Waals surface area contributed by atoms with E-state index in [-0.39, 0.29) is 11.3 Å². The van der Waals surface area contributed by atoms with Crippen LogP contribution in [0, 0.1) is 12.3 Å². The molecule has 0 atom stereocenters. The number of amides is 1. The van der Waals surface area contributed by atoms with Crippen LogP contribution in [0.25, 0.3) is 0 Å². The van der Waals surface area contributed by atoms with Gasteiger partial charge in [-0.1, -0.05) is 0 Å². The van der Waals surface area contributed by atoms with Gasteiger partial charge in [-0.2, -0.15) is 4.37 Å². The van der Waals surface area contributed by atoms with Crippen LogP contribution in [0.2, 0.25) is 0 Å². The number of aryl methyl sites for hydroxylation is 1. The molecule has 0 unspecified atom stereocenters. The molecule has 128 valence electrons. The van der Waals surface area contributed by atoms with Crippen LogP contribution in [0.15, 0.2) is 0 Å². The second-order valence-corrected chi connectivity index (χ2v) is 7.10. The third kappa shape index (κ3) is 3.49. The molecule has 1 aromatic heterocycles. The van der Waals surface area contributed by atoms with Crippen LogP contribution in [0.3, 0.4) is 0 Å². The molecule has 2 fully saturated rings. The van der Waals surface area contributed by atoms with Crippen molar-refractivity contribution < 1.29 is 9.53 Å². The van der Waals surface area contributed by atoms with Crippen molar-refractivity contribution in [3.63, 3.8) is 0 Å². The van der Waals surface area contributed by atoms with E-state index >= 15 is 0 Å². The lowest BCUT2D eigenvalue weighted by molar-refractivity contribution is -0.147. The van der Waals surface area contributed by atoms with E-state index in [0.717, 1.165) is 63.1 Å². The summed E-state index contributed by atoms with van der Waals surface area (Å²) in [5, 5.41) is 4.30. The molecule has 7 nitrogen and oxygen atoms in total. The Hall–Kier alpha value is -1.25. The molecular formula is C15H25N5O2S. The van der Waals surface area contributed by atoms with Crippen molar-refractivity contribution in [3.8, 4) is 0 Å². The van der Waals surface area contributed by atoms with Crippen molar-refractivity contribution in [2.24, 2.45) is 5.41 Å². The number of nitrogens with one attached hydrogen (secondary N) is 1. The van der Waals surface area contributed by atoms with Crippen molar-refractivity contribution in [1.82, 2.24) is 19.6 Å². The molecule has 0 radical (unpaired) electrons. The standard InChI is InChI=1S/C15H25N5O2S/c1-12-17-14(23-18-12)20-9-7-19(8-10-20)13(21)15(11-22-2)3-5-16-6-4-15/h16H,3-11H2,1-2H3. The molecule has 1 aromatic rings. The summed E-state index contributed by atoms with van der Waals surface area (Å²) in [6, 6.07) is 0. The van der Waals surface area contributed by atoms with Gasteiger partial charge in [0, 0.05) is 44.8 Å². The van der Waals surface area contributed by atoms with Gasteiger partial charge in [-0.15, -0.1) is 0 Å². The van der Waals surface area contributed by atoms with Gasteiger partial charge < -0.3 is 19.9 Å². The number of ether oxygens (including phenoxy) is 1. The molecule has 3 rings (SSSR count). The number of rotatable bonds is 4. The minimum absolute atomic E-state index is 0.258. The SMILES string of the molecule is COCC1(C(=O)N2CCN(c3nc(C)ns3)CC2)CCNCC1. The van der Waals surface area contributed by atoms with Gasteiger partial charge >= 0.3 is 0 Å². The molecular weight excluding hydrogens is 314 g/mol. The van der Waals surface area contributed by atoms with Crippen molar-refractivity contribution in [1.29, 1.82) is 0 Å². The highest BCUT2D eigenvalue weighted by atomic mass is 32.1. The molecule has 23 heavy (non-hydrogen) atoms. The Labute approximate surface area is 141 Å². The van der Waals surface area contributed by atoms with Crippen LogP contribution in [-0.4, -0.2) is 73.1 Å². The van der Waals surface area contributed by atoms with Crippen molar-refractivity contribution in [2.45, 2.75) is 19.8 Å². The van der Waals surface area contributed by atoms with Crippen molar-refractivity contribution >= 4 is 22.6 Å². The summed E-state index contributed by atoms with van der Waals surface area (Å²) in [6.07, 6.45) is 1.71. The van der Waals surface area contributed by atoms with Crippen LogP contribution in [-0.2, 0) is 9.53 Å². The highest BCUT2D eigenvalue weighted by molar-refractivity contribution is 7.09. The van der Waals surface area contributed by atoms with Crippen molar-refractivity contribution in [3.05, 3.63) is 5.82 Å². The first kappa shape index (κ1) is 16.6. The Morgan fingerprint density at radius 2 is 2.00 bits per heavy atom. The van der Waals surface area contributed by atoms with Gasteiger partial charge in [-0.25, -0.2) is 4.98 Å². The van der Waals surface area contributed by atoms with E-state index in [0.29, 0.717) is 6.61 Å². The Morgan fingerprint density at radius 1 is 1.30 bits per heavy atom. The fraction of sp³-hybridized carbons (Fsp3) is 0.800. The topological polar surface area (TPSA) is 70.6 Å². The first-order chi connectivity index (χ1) is 11.1. The number of carbonyl (C=O) groups excluding carboxylic acids is 1. The lowest BCUT2D eigenvalue weighted by atomic mass is 9.78. The van der Waals surface area contributed by atoms with E-state index in [1.165, 1.54) is 11.5 Å². The smallest absolute Gasteiger partial charge is 0.231 e. The van der Waals surface area contributed by atoms with Gasteiger partial charge in [-0.05, 0) is 32.9 Å². The molecule has 2 saturated heterocycles. The number of methoxy groups -OCH3 is 1. The Bertz CT molecular complexity index is 530. The van der Waals surface area contributed by atoms with Gasteiger partial charge in [0.05, 0.1) is 12.0 Å². The Kier molecular flexibility index (Phi) is 5.13. The number of aromatic nitrogens is 2. The van der Waals surface area contributed by atoms with E-state index in [4.69, 9.17) is 4.74 Å². The number of piperazine rings is 1. The van der Waals surface area contributed by atoms with Crippen LogP contribution in [0.5, 0.6) is 0 Å². The molecule has 1 N–H and O–H groups in total. The summed E-state index contributed by atoms with van der Waals surface area (Å²) in [5.74, 6) is 1.08. The van der Waals surface area contributed by atoms with Crippen molar-refractivity contribution in [2.75, 3.05) is 57.9 Å². The number of carbonyl (C=O) groups is 1. The monoisotopic (exact) mass is 339 g/mol. The summed E-state index contributed by atoms with van der Waals surface area (Å²) in [5.41, 5.74) is -0.346. The van der Waals surface area contributed by atoms with E-state index < -0.39 is 0 Å². The first-order valence-electron chi connectivity index (χ1n) is 8.19. The Morgan fingerprint density at radius 3 is 2.57 bits per heavy atom. The van der Waals surface area contributed by atoms with Gasteiger partial charge in [0.15, 0.2) is 0 Å². The maximum absolute atomic E-state index is 13.1. The maximum atomic E-state index is 13.1. The van der Waals surface area contributed by atoms with Crippen LogP contribution in [0.1, 0.15) is 18.7 Å². The second-order valence-electron chi connectivity index (χ2n) is 6.37. The van der Waals surface area contributed by atoms with E-state index in [2.05, 4.69) is 19.6 Å². The fourth-order valence-electron chi connectivity index (χ4n) is 3.45. The zero-order valence-corrected chi connectivity index (χ0v) is 14.7. The summed E-state index contributed by atoms with van der Waals surface area (Å²) in [7, 11) is 1.69. The maximum Gasteiger partial charge on any atom is 0.231 e. The largest absolute Gasteiger partial charge is 0.384 e. The highest BCUT2D eigenvalue weighted by Gasteiger charge is 2.42. The average Bonchev–Trinajstić information content (AvgIpc) is 3.02. The lowest BCUT2D eigenvalue weighted by Gasteiger charge is -2.42. The predicted molar refractivity (Wildman–Crippen MR) is 89.9 cm³/mol. The molecule has 2 aliphatic heterocycles. The number of anilines is 1. The molecule has 3 heterocycles. The van der Waals surface area contributed by atoms with Gasteiger partial charge in [-0.3, -0.25) is 4.79 Å². The predicted octanol–water partition coefficient (Wildman–Crippen LogP) is 0.511. The molecule has 0 bridgehead atoms. The summed E-state index contributed by atoms with van der Waals surface area (Å²) < 4.78 is 9.63. The van der Waals surface area contributed by atoms with Gasteiger partial charge in [0.2, 0.25) is 11.0 Å². The summed E-state index contributed by atoms with van der Waals surface area (Å²) in [4.78, 5) is 21.8. The van der Waals surface area contributed by atoms with Gasteiger partial charge in [0.1, 0.15) is 5.82 Å². The molecule has 0 aromatic carbocycles. The molecule has 0 spiro atoms. The van der Waals surface area contributed by atoms with E-state index in [9.17, 15) is 4.79 Å². The number of hydrogen-bond acceptors (Lipinski definition) is 7. The molecule has 8 heteroatoms.